The molecule has 2 aromatic rings. The third-order valence-electron chi connectivity index (χ3n) is 4.09. The molecule has 0 aliphatic heterocycles. The first-order valence-electron chi connectivity index (χ1n) is 7.33. The molecule has 1 aliphatic rings. The van der Waals surface area contributed by atoms with Gasteiger partial charge in [-0.25, -0.2) is 4.98 Å². The van der Waals surface area contributed by atoms with E-state index in [1.165, 1.54) is 11.8 Å². The highest BCUT2D eigenvalue weighted by molar-refractivity contribution is 7.99. The van der Waals surface area contributed by atoms with E-state index in [1.807, 2.05) is 12.1 Å². The summed E-state index contributed by atoms with van der Waals surface area (Å²) < 4.78 is 0. The lowest BCUT2D eigenvalue weighted by atomic mass is 9.81. The number of nitrogens with zero attached hydrogens (tertiary/aromatic N) is 3. The molecule has 3 rings (SSSR count). The highest BCUT2D eigenvalue weighted by Gasteiger charge is 2.32. The molecule has 5 nitrogen and oxygen atoms in total. The number of nitrogens with one attached hydrogen (secondary N) is 1. The van der Waals surface area contributed by atoms with E-state index in [4.69, 9.17) is 0 Å². The van der Waals surface area contributed by atoms with Crippen molar-refractivity contribution >= 4 is 11.8 Å². The Kier molecular flexibility index (Phi) is 4.26. The molecule has 6 heteroatoms. The molecule has 0 radical (unpaired) electrons. The van der Waals surface area contributed by atoms with Gasteiger partial charge < -0.3 is 5.11 Å². The van der Waals surface area contributed by atoms with Crippen molar-refractivity contribution in [2.75, 3.05) is 5.75 Å². The zero-order chi connectivity index (χ0) is 14.7. The minimum atomic E-state index is -0.561. The summed E-state index contributed by atoms with van der Waals surface area (Å²) >= 11 is 1.52. The van der Waals surface area contributed by atoms with E-state index in [1.54, 1.807) is 12.4 Å². The summed E-state index contributed by atoms with van der Waals surface area (Å²) in [5, 5.41) is 18.4. The van der Waals surface area contributed by atoms with Gasteiger partial charge in [0.1, 0.15) is 0 Å². The zero-order valence-corrected chi connectivity index (χ0v) is 12.9. The van der Waals surface area contributed by atoms with Gasteiger partial charge in [0.15, 0.2) is 5.82 Å². The predicted octanol–water partition coefficient (Wildman–Crippen LogP) is 2.90. The minimum absolute atomic E-state index is 0.561. The second-order valence-corrected chi connectivity index (χ2v) is 6.84. The van der Waals surface area contributed by atoms with E-state index in [0.717, 1.165) is 43.0 Å². The Morgan fingerprint density at radius 2 is 2.05 bits per heavy atom. The van der Waals surface area contributed by atoms with Gasteiger partial charge in [0.05, 0.1) is 5.60 Å². The highest BCUT2D eigenvalue weighted by Crippen LogP contribution is 2.35. The quantitative estimate of drug-likeness (QED) is 0.850. The number of thioether (sulfide) groups is 1. The molecule has 0 bridgehead atoms. The van der Waals surface area contributed by atoms with Crippen LogP contribution in [-0.4, -0.2) is 36.6 Å². The summed E-state index contributed by atoms with van der Waals surface area (Å²) in [6, 6.07) is 3.79. The molecule has 2 N–H and O–H groups in total. The summed E-state index contributed by atoms with van der Waals surface area (Å²) in [5.74, 6) is 2.13. The number of rotatable bonds is 4. The maximum atomic E-state index is 10.6. The van der Waals surface area contributed by atoms with Crippen LogP contribution in [0.4, 0.5) is 0 Å². The Bertz CT molecular complexity index is 578. The Morgan fingerprint density at radius 3 is 2.76 bits per heavy atom. The summed E-state index contributed by atoms with van der Waals surface area (Å²) in [6.07, 6.45) is 7.43. The van der Waals surface area contributed by atoms with Crippen LogP contribution in [-0.2, 0) is 0 Å². The largest absolute Gasteiger partial charge is 0.389 e. The van der Waals surface area contributed by atoms with Gasteiger partial charge in [0, 0.05) is 23.7 Å². The molecule has 112 valence electrons. The van der Waals surface area contributed by atoms with Gasteiger partial charge in [-0.15, -0.1) is 5.10 Å². The lowest BCUT2D eigenvalue weighted by molar-refractivity contribution is 0.0150. The Labute approximate surface area is 128 Å². The lowest BCUT2D eigenvalue weighted by Gasteiger charge is -2.34. The van der Waals surface area contributed by atoms with Crippen molar-refractivity contribution in [2.24, 2.45) is 5.92 Å². The zero-order valence-electron chi connectivity index (χ0n) is 12.1. The van der Waals surface area contributed by atoms with Gasteiger partial charge in [0.25, 0.3) is 0 Å². The van der Waals surface area contributed by atoms with Crippen LogP contribution in [0.3, 0.4) is 0 Å². The molecule has 0 spiro atoms. The summed E-state index contributed by atoms with van der Waals surface area (Å²) in [7, 11) is 0. The van der Waals surface area contributed by atoms with Gasteiger partial charge in [-0.2, -0.15) is 0 Å². The first-order valence-corrected chi connectivity index (χ1v) is 8.31. The van der Waals surface area contributed by atoms with E-state index in [0.29, 0.717) is 10.9 Å². The van der Waals surface area contributed by atoms with E-state index in [2.05, 4.69) is 27.1 Å². The van der Waals surface area contributed by atoms with Gasteiger partial charge in [-0.3, -0.25) is 10.1 Å². The van der Waals surface area contributed by atoms with E-state index < -0.39 is 5.60 Å². The molecule has 0 saturated heterocycles. The van der Waals surface area contributed by atoms with Crippen molar-refractivity contribution in [3.8, 4) is 11.4 Å². The molecule has 1 aliphatic carbocycles. The van der Waals surface area contributed by atoms with E-state index in [9.17, 15) is 5.11 Å². The minimum Gasteiger partial charge on any atom is -0.389 e. The van der Waals surface area contributed by atoms with Crippen molar-refractivity contribution in [3.05, 3.63) is 24.5 Å². The van der Waals surface area contributed by atoms with Crippen molar-refractivity contribution in [2.45, 2.75) is 43.4 Å². The van der Waals surface area contributed by atoms with Gasteiger partial charge in [-0.05, 0) is 43.7 Å². The van der Waals surface area contributed by atoms with Crippen LogP contribution in [0.5, 0.6) is 0 Å². The normalized spacial score (nSPS) is 25.9. The fourth-order valence-corrected chi connectivity index (χ4v) is 3.55. The standard InChI is InChI=1S/C15H20N4OS/c1-11-2-6-15(20,7-3-11)10-21-14-17-13(18-19-14)12-4-8-16-9-5-12/h4-5,8-9,11,20H,2-3,6-7,10H2,1H3,(H,17,18,19). The van der Waals surface area contributed by atoms with Crippen molar-refractivity contribution in [3.63, 3.8) is 0 Å². The second kappa shape index (κ2) is 6.15. The number of aromatic nitrogens is 4. The molecule has 21 heavy (non-hydrogen) atoms. The van der Waals surface area contributed by atoms with Crippen LogP contribution in [0.2, 0.25) is 0 Å². The predicted molar refractivity (Wildman–Crippen MR) is 82.9 cm³/mol. The molecule has 0 aromatic carbocycles. The van der Waals surface area contributed by atoms with Crippen LogP contribution in [0.25, 0.3) is 11.4 Å². The third kappa shape index (κ3) is 3.63. The number of pyridine rings is 1. The van der Waals surface area contributed by atoms with Crippen molar-refractivity contribution < 1.29 is 5.11 Å². The number of hydrogen-bond acceptors (Lipinski definition) is 5. The fourth-order valence-electron chi connectivity index (χ4n) is 2.59. The Balaban J connectivity index is 1.60. The number of H-pyrrole nitrogens is 1. The fraction of sp³-hybridized carbons (Fsp3) is 0.533. The van der Waals surface area contributed by atoms with E-state index >= 15 is 0 Å². The molecule has 0 amide bonds. The van der Waals surface area contributed by atoms with E-state index in [-0.39, 0.29) is 0 Å². The SMILES string of the molecule is CC1CCC(O)(CSc2n[nH]c(-c3ccncc3)n2)CC1. The monoisotopic (exact) mass is 304 g/mol. The first-order chi connectivity index (χ1) is 10.1. The van der Waals surface area contributed by atoms with Crippen LogP contribution >= 0.6 is 11.8 Å². The lowest BCUT2D eigenvalue weighted by Crippen LogP contribution is -2.36. The van der Waals surface area contributed by atoms with Gasteiger partial charge in [-0.1, -0.05) is 18.7 Å². The molecule has 0 atom stereocenters. The average Bonchev–Trinajstić information content (AvgIpc) is 2.99. The molecule has 2 heterocycles. The molecule has 1 saturated carbocycles. The van der Waals surface area contributed by atoms with Crippen LogP contribution in [0.15, 0.2) is 29.7 Å². The van der Waals surface area contributed by atoms with Crippen molar-refractivity contribution in [1.29, 1.82) is 0 Å². The number of aromatic amines is 1. The number of hydrogen-bond donors (Lipinski definition) is 2. The molecule has 0 unspecified atom stereocenters. The summed E-state index contributed by atoms with van der Waals surface area (Å²) in [4.78, 5) is 8.46. The van der Waals surface area contributed by atoms with Gasteiger partial charge in [0.2, 0.25) is 5.16 Å². The van der Waals surface area contributed by atoms with Crippen molar-refractivity contribution in [1.82, 2.24) is 20.2 Å². The summed E-state index contributed by atoms with van der Waals surface area (Å²) in [5.41, 5.74) is 0.406. The maximum absolute atomic E-state index is 10.6. The Hall–Kier alpha value is -1.40. The Morgan fingerprint density at radius 1 is 1.33 bits per heavy atom. The van der Waals surface area contributed by atoms with Crippen LogP contribution < -0.4 is 0 Å². The first kappa shape index (κ1) is 14.5. The molecular weight excluding hydrogens is 284 g/mol. The smallest absolute Gasteiger partial charge is 0.208 e. The molecule has 2 aromatic heterocycles. The van der Waals surface area contributed by atoms with Gasteiger partial charge >= 0.3 is 0 Å². The molecule has 1 fully saturated rings. The average molecular weight is 304 g/mol. The molecular formula is C15H20N4OS. The maximum Gasteiger partial charge on any atom is 0.208 e. The second-order valence-electron chi connectivity index (χ2n) is 5.90. The van der Waals surface area contributed by atoms with Crippen LogP contribution in [0, 0.1) is 5.92 Å². The topological polar surface area (TPSA) is 74.7 Å². The number of aliphatic hydroxyl groups is 1. The summed E-state index contributed by atoms with van der Waals surface area (Å²) in [6.45, 7) is 2.25. The highest BCUT2D eigenvalue weighted by atomic mass is 32.2. The van der Waals surface area contributed by atoms with Crippen LogP contribution in [0.1, 0.15) is 32.6 Å². The third-order valence-corrected chi connectivity index (χ3v) is 5.22.